The zero-order valence-electron chi connectivity index (χ0n) is 13.2. The third-order valence-electron chi connectivity index (χ3n) is 5.00. The van der Waals surface area contributed by atoms with Gasteiger partial charge in [0.15, 0.2) is 0 Å². The van der Waals surface area contributed by atoms with Crippen LogP contribution in [0, 0.1) is 12.7 Å². The van der Waals surface area contributed by atoms with Crippen LogP contribution >= 0.6 is 0 Å². The van der Waals surface area contributed by atoms with E-state index < -0.39 is 0 Å². The van der Waals surface area contributed by atoms with Crippen LogP contribution in [0.15, 0.2) is 18.2 Å². The molecule has 1 aliphatic rings. The Balaban J connectivity index is 2.38. The van der Waals surface area contributed by atoms with Crippen molar-refractivity contribution in [2.75, 3.05) is 20.1 Å². The lowest BCUT2D eigenvalue weighted by Gasteiger charge is -2.45. The highest BCUT2D eigenvalue weighted by Crippen LogP contribution is 2.37. The molecule has 0 radical (unpaired) electrons. The zero-order valence-corrected chi connectivity index (χ0v) is 13.2. The number of likely N-dealkylation sites (tertiary alicyclic amines) is 1. The first-order valence-corrected chi connectivity index (χ1v) is 7.71. The van der Waals surface area contributed by atoms with Gasteiger partial charge in [0.1, 0.15) is 5.82 Å². The number of nitrogens with one attached hydrogen (secondary N) is 1. The molecule has 0 bridgehead atoms. The van der Waals surface area contributed by atoms with Crippen molar-refractivity contribution in [2.45, 2.75) is 51.6 Å². The molecule has 2 atom stereocenters. The number of halogens is 1. The van der Waals surface area contributed by atoms with E-state index in [1.165, 1.54) is 31.5 Å². The van der Waals surface area contributed by atoms with E-state index in [1.54, 1.807) is 12.1 Å². The van der Waals surface area contributed by atoms with Crippen molar-refractivity contribution in [1.29, 1.82) is 0 Å². The predicted molar refractivity (Wildman–Crippen MR) is 82.4 cm³/mol. The van der Waals surface area contributed by atoms with Crippen molar-refractivity contribution in [3.05, 3.63) is 35.1 Å². The van der Waals surface area contributed by atoms with Crippen LogP contribution < -0.4 is 5.32 Å². The second-order valence-electron chi connectivity index (χ2n) is 6.13. The number of nitrogens with zero attached hydrogens (tertiary/aromatic N) is 1. The first kappa shape index (κ1) is 15.5. The van der Waals surface area contributed by atoms with Gasteiger partial charge in [-0.05, 0) is 76.5 Å². The highest BCUT2D eigenvalue weighted by Gasteiger charge is 2.39. The van der Waals surface area contributed by atoms with Crippen LogP contribution in [0.5, 0.6) is 0 Å². The summed E-state index contributed by atoms with van der Waals surface area (Å²) in [5.41, 5.74) is 2.32. The molecule has 0 spiro atoms. The number of hydrogen-bond donors (Lipinski definition) is 1. The number of rotatable bonds is 5. The highest BCUT2D eigenvalue weighted by atomic mass is 19.1. The number of benzene rings is 1. The van der Waals surface area contributed by atoms with Crippen LogP contribution in [-0.4, -0.2) is 30.6 Å². The van der Waals surface area contributed by atoms with Gasteiger partial charge in [-0.2, -0.15) is 0 Å². The third kappa shape index (κ3) is 2.75. The Morgan fingerprint density at radius 1 is 1.35 bits per heavy atom. The fourth-order valence-corrected chi connectivity index (χ4v) is 3.60. The van der Waals surface area contributed by atoms with Crippen molar-refractivity contribution in [3.63, 3.8) is 0 Å². The summed E-state index contributed by atoms with van der Waals surface area (Å²) in [6, 6.07) is 5.38. The molecule has 2 unspecified atom stereocenters. The van der Waals surface area contributed by atoms with Crippen molar-refractivity contribution >= 4 is 0 Å². The van der Waals surface area contributed by atoms with Gasteiger partial charge in [0.05, 0.1) is 6.04 Å². The summed E-state index contributed by atoms with van der Waals surface area (Å²) < 4.78 is 13.4. The molecule has 0 aliphatic carbocycles. The van der Waals surface area contributed by atoms with E-state index >= 15 is 0 Å². The van der Waals surface area contributed by atoms with E-state index in [0.717, 1.165) is 12.0 Å². The highest BCUT2D eigenvalue weighted by molar-refractivity contribution is 5.32. The number of hydrogen-bond acceptors (Lipinski definition) is 2. The normalized spacial score (nSPS) is 20.9. The Kier molecular flexibility index (Phi) is 4.82. The van der Waals surface area contributed by atoms with Crippen LogP contribution in [0.4, 0.5) is 4.39 Å². The van der Waals surface area contributed by atoms with Gasteiger partial charge in [0, 0.05) is 5.54 Å². The van der Waals surface area contributed by atoms with Crippen LogP contribution in [-0.2, 0) is 0 Å². The molecule has 1 heterocycles. The fourth-order valence-electron chi connectivity index (χ4n) is 3.60. The summed E-state index contributed by atoms with van der Waals surface area (Å²) in [5.74, 6) is -0.152. The fraction of sp³-hybridized carbons (Fsp3) is 0.647. The Hall–Kier alpha value is -0.930. The topological polar surface area (TPSA) is 15.3 Å². The van der Waals surface area contributed by atoms with Gasteiger partial charge in [-0.1, -0.05) is 13.0 Å². The smallest absolute Gasteiger partial charge is 0.123 e. The van der Waals surface area contributed by atoms with Gasteiger partial charge in [-0.25, -0.2) is 4.39 Å². The molecule has 2 rings (SSSR count). The van der Waals surface area contributed by atoms with Gasteiger partial charge < -0.3 is 5.32 Å². The SMILES string of the molecule is CCC(C)(C(NC)c1ccc(F)cc1C)N1CCCC1. The molecular formula is C17H27FN2. The Labute approximate surface area is 122 Å². The molecule has 1 aliphatic heterocycles. The summed E-state index contributed by atoms with van der Waals surface area (Å²) in [6.45, 7) is 8.93. The van der Waals surface area contributed by atoms with E-state index in [-0.39, 0.29) is 17.4 Å². The maximum absolute atomic E-state index is 13.4. The van der Waals surface area contributed by atoms with Gasteiger partial charge in [-0.15, -0.1) is 0 Å². The average molecular weight is 278 g/mol. The van der Waals surface area contributed by atoms with E-state index in [2.05, 4.69) is 24.1 Å². The molecule has 0 aromatic heterocycles. The maximum atomic E-state index is 13.4. The zero-order chi connectivity index (χ0) is 14.8. The third-order valence-corrected chi connectivity index (χ3v) is 5.00. The Morgan fingerprint density at radius 2 is 2.00 bits per heavy atom. The van der Waals surface area contributed by atoms with Crippen molar-refractivity contribution < 1.29 is 4.39 Å². The van der Waals surface area contributed by atoms with Crippen LogP contribution in [0.1, 0.15) is 50.3 Å². The minimum atomic E-state index is -0.152. The molecule has 3 heteroatoms. The summed E-state index contributed by atoms with van der Waals surface area (Å²) in [5, 5.41) is 3.48. The molecule has 1 aromatic rings. The first-order chi connectivity index (χ1) is 9.52. The summed E-state index contributed by atoms with van der Waals surface area (Å²) in [6.07, 6.45) is 3.65. The van der Waals surface area contributed by atoms with E-state index in [0.29, 0.717) is 0 Å². The molecule has 20 heavy (non-hydrogen) atoms. The minimum absolute atomic E-state index is 0.0772. The van der Waals surface area contributed by atoms with Crippen molar-refractivity contribution in [3.8, 4) is 0 Å². The molecule has 1 saturated heterocycles. The number of aryl methyl sites for hydroxylation is 1. The van der Waals surface area contributed by atoms with Crippen LogP contribution in [0.25, 0.3) is 0 Å². The lowest BCUT2D eigenvalue weighted by Crippen LogP contribution is -2.52. The number of likely N-dealkylation sites (N-methyl/N-ethyl adjacent to an activating group) is 1. The van der Waals surface area contributed by atoms with Crippen LogP contribution in [0.3, 0.4) is 0 Å². The summed E-state index contributed by atoms with van der Waals surface area (Å²) in [7, 11) is 2.01. The van der Waals surface area contributed by atoms with Gasteiger partial charge >= 0.3 is 0 Å². The second kappa shape index (κ2) is 6.23. The second-order valence-corrected chi connectivity index (χ2v) is 6.13. The standard InChI is InChI=1S/C17H27FN2/c1-5-17(3,20-10-6-7-11-20)16(19-4)15-9-8-14(18)12-13(15)2/h8-9,12,16,19H,5-7,10-11H2,1-4H3. The summed E-state index contributed by atoms with van der Waals surface area (Å²) >= 11 is 0. The minimum Gasteiger partial charge on any atom is -0.311 e. The lowest BCUT2D eigenvalue weighted by atomic mass is 9.81. The lowest BCUT2D eigenvalue weighted by molar-refractivity contribution is 0.0870. The van der Waals surface area contributed by atoms with Gasteiger partial charge in [-0.3, -0.25) is 4.90 Å². The Bertz CT molecular complexity index is 454. The average Bonchev–Trinajstić information content (AvgIpc) is 2.96. The van der Waals surface area contributed by atoms with Crippen molar-refractivity contribution in [2.24, 2.45) is 0 Å². The predicted octanol–water partition coefficient (Wildman–Crippen LogP) is 3.66. The van der Waals surface area contributed by atoms with E-state index in [9.17, 15) is 4.39 Å². The molecule has 0 saturated carbocycles. The first-order valence-electron chi connectivity index (χ1n) is 7.71. The summed E-state index contributed by atoms with van der Waals surface area (Å²) in [4.78, 5) is 2.59. The van der Waals surface area contributed by atoms with E-state index in [4.69, 9.17) is 0 Å². The Morgan fingerprint density at radius 3 is 2.50 bits per heavy atom. The monoisotopic (exact) mass is 278 g/mol. The molecule has 1 aromatic carbocycles. The molecule has 112 valence electrons. The molecule has 1 N–H and O–H groups in total. The quantitative estimate of drug-likeness (QED) is 0.884. The molecular weight excluding hydrogens is 251 g/mol. The molecule has 1 fully saturated rings. The maximum Gasteiger partial charge on any atom is 0.123 e. The van der Waals surface area contributed by atoms with Crippen LogP contribution in [0.2, 0.25) is 0 Å². The van der Waals surface area contributed by atoms with Crippen molar-refractivity contribution in [1.82, 2.24) is 10.2 Å². The van der Waals surface area contributed by atoms with E-state index in [1.807, 2.05) is 20.0 Å². The van der Waals surface area contributed by atoms with Gasteiger partial charge in [0.2, 0.25) is 0 Å². The van der Waals surface area contributed by atoms with Gasteiger partial charge in [0.25, 0.3) is 0 Å². The largest absolute Gasteiger partial charge is 0.311 e. The molecule has 0 amide bonds. The molecule has 2 nitrogen and oxygen atoms in total.